The fourth-order valence-electron chi connectivity index (χ4n) is 2.65. The molecule has 0 N–H and O–H groups in total. The maximum absolute atomic E-state index is 8.93. The fourth-order valence-corrected chi connectivity index (χ4v) is 2.92. The van der Waals surface area contributed by atoms with Crippen LogP contribution in [0.1, 0.15) is 24.2 Å². The molecule has 3 nitrogen and oxygen atoms in total. The molecule has 2 aromatic rings. The number of nitriles is 1. The van der Waals surface area contributed by atoms with Crippen molar-refractivity contribution in [3.8, 4) is 17.5 Å². The van der Waals surface area contributed by atoms with Crippen molar-refractivity contribution < 1.29 is 0 Å². The Morgan fingerprint density at radius 2 is 2.05 bits per heavy atom. The molecule has 0 amide bonds. The SMILES string of the molecule is N#CCc1nc(-c2ccc(Br)cc2)n2c1CCCC2. The lowest BCUT2D eigenvalue weighted by Crippen LogP contribution is -2.11. The quantitative estimate of drug-likeness (QED) is 0.847. The van der Waals surface area contributed by atoms with E-state index in [-0.39, 0.29) is 0 Å². The highest BCUT2D eigenvalue weighted by atomic mass is 79.9. The van der Waals surface area contributed by atoms with Crippen molar-refractivity contribution in [3.05, 3.63) is 40.1 Å². The highest BCUT2D eigenvalue weighted by Gasteiger charge is 2.20. The number of nitrogens with zero attached hydrogens (tertiary/aromatic N) is 3. The highest BCUT2D eigenvalue weighted by molar-refractivity contribution is 9.10. The second-order valence-electron chi connectivity index (χ2n) is 4.78. The summed E-state index contributed by atoms with van der Waals surface area (Å²) in [5, 5.41) is 8.93. The van der Waals surface area contributed by atoms with Gasteiger partial charge in [0.15, 0.2) is 0 Å². The summed E-state index contributed by atoms with van der Waals surface area (Å²) >= 11 is 3.45. The van der Waals surface area contributed by atoms with Gasteiger partial charge in [-0.15, -0.1) is 0 Å². The Labute approximate surface area is 121 Å². The molecule has 19 heavy (non-hydrogen) atoms. The van der Waals surface area contributed by atoms with Gasteiger partial charge in [0.1, 0.15) is 5.82 Å². The molecular weight excluding hydrogens is 302 g/mol. The molecule has 3 rings (SSSR count). The monoisotopic (exact) mass is 315 g/mol. The zero-order chi connectivity index (χ0) is 13.2. The summed E-state index contributed by atoms with van der Waals surface area (Å²) in [5.41, 5.74) is 3.33. The molecule has 0 radical (unpaired) electrons. The fraction of sp³-hybridized carbons (Fsp3) is 0.333. The summed E-state index contributed by atoms with van der Waals surface area (Å²) in [5.74, 6) is 1.01. The van der Waals surface area contributed by atoms with E-state index >= 15 is 0 Å². The van der Waals surface area contributed by atoms with Crippen molar-refractivity contribution in [1.29, 1.82) is 5.26 Å². The minimum absolute atomic E-state index is 0.409. The van der Waals surface area contributed by atoms with Gasteiger partial charge in [-0.2, -0.15) is 5.26 Å². The van der Waals surface area contributed by atoms with Crippen LogP contribution in [0.3, 0.4) is 0 Å². The molecule has 0 fully saturated rings. The lowest BCUT2D eigenvalue weighted by Gasteiger charge is -2.17. The third-order valence-corrected chi connectivity index (χ3v) is 4.08. The van der Waals surface area contributed by atoms with Crippen molar-refractivity contribution in [1.82, 2.24) is 9.55 Å². The summed E-state index contributed by atoms with van der Waals surface area (Å²) in [6.07, 6.45) is 3.84. The molecule has 0 atom stereocenters. The zero-order valence-electron chi connectivity index (χ0n) is 10.6. The van der Waals surface area contributed by atoms with Crippen molar-refractivity contribution in [2.45, 2.75) is 32.2 Å². The van der Waals surface area contributed by atoms with E-state index < -0.39 is 0 Å². The Bertz CT molecular complexity index is 635. The summed E-state index contributed by atoms with van der Waals surface area (Å²) in [7, 11) is 0. The van der Waals surface area contributed by atoms with Crippen LogP contribution in [0, 0.1) is 11.3 Å². The van der Waals surface area contributed by atoms with E-state index in [1.165, 1.54) is 18.5 Å². The first kappa shape index (κ1) is 12.4. The van der Waals surface area contributed by atoms with Gasteiger partial charge in [-0.05, 0) is 31.4 Å². The Hall–Kier alpha value is -1.60. The van der Waals surface area contributed by atoms with Crippen LogP contribution in [0.4, 0.5) is 0 Å². The van der Waals surface area contributed by atoms with Gasteiger partial charge in [0, 0.05) is 22.3 Å². The van der Waals surface area contributed by atoms with Crippen LogP contribution in [0.25, 0.3) is 11.4 Å². The summed E-state index contributed by atoms with van der Waals surface area (Å²) in [6.45, 7) is 1.01. The Balaban J connectivity index is 2.11. The average molecular weight is 316 g/mol. The van der Waals surface area contributed by atoms with Crippen LogP contribution in [-0.4, -0.2) is 9.55 Å². The van der Waals surface area contributed by atoms with Crippen molar-refractivity contribution in [2.24, 2.45) is 0 Å². The number of benzene rings is 1. The van der Waals surface area contributed by atoms with Gasteiger partial charge >= 0.3 is 0 Å². The van der Waals surface area contributed by atoms with Gasteiger partial charge in [-0.3, -0.25) is 0 Å². The van der Waals surface area contributed by atoms with E-state index in [0.717, 1.165) is 34.5 Å². The summed E-state index contributed by atoms with van der Waals surface area (Å²) in [4.78, 5) is 4.71. The standard InChI is InChI=1S/C15H14BrN3/c16-12-6-4-11(5-7-12)15-18-13(8-9-17)14-3-1-2-10-19(14)15/h4-7H,1-3,8,10H2. The van der Waals surface area contributed by atoms with Crippen LogP contribution in [0.5, 0.6) is 0 Å². The topological polar surface area (TPSA) is 41.6 Å². The lowest BCUT2D eigenvalue weighted by molar-refractivity contribution is 0.534. The van der Waals surface area contributed by atoms with Crippen molar-refractivity contribution in [3.63, 3.8) is 0 Å². The molecular formula is C15H14BrN3. The maximum Gasteiger partial charge on any atom is 0.140 e. The average Bonchev–Trinajstić information content (AvgIpc) is 2.80. The van der Waals surface area contributed by atoms with Crippen LogP contribution in [0.15, 0.2) is 28.7 Å². The Kier molecular flexibility index (Phi) is 3.39. The van der Waals surface area contributed by atoms with E-state index in [1.54, 1.807) is 0 Å². The molecule has 1 aliphatic rings. The van der Waals surface area contributed by atoms with E-state index in [9.17, 15) is 0 Å². The lowest BCUT2D eigenvalue weighted by atomic mass is 10.1. The minimum atomic E-state index is 0.409. The largest absolute Gasteiger partial charge is 0.328 e. The molecule has 0 saturated carbocycles. The Morgan fingerprint density at radius 1 is 1.26 bits per heavy atom. The van der Waals surface area contributed by atoms with Crippen LogP contribution >= 0.6 is 15.9 Å². The molecule has 4 heteroatoms. The zero-order valence-corrected chi connectivity index (χ0v) is 12.2. The molecule has 1 aromatic heterocycles. The molecule has 2 heterocycles. The molecule has 96 valence electrons. The Morgan fingerprint density at radius 3 is 2.79 bits per heavy atom. The minimum Gasteiger partial charge on any atom is -0.328 e. The predicted octanol–water partition coefficient (Wildman–Crippen LogP) is 3.71. The second kappa shape index (κ2) is 5.18. The second-order valence-corrected chi connectivity index (χ2v) is 5.70. The number of fused-ring (bicyclic) bond motifs is 1. The van der Waals surface area contributed by atoms with Crippen LogP contribution < -0.4 is 0 Å². The van der Waals surface area contributed by atoms with Crippen LogP contribution in [-0.2, 0) is 19.4 Å². The van der Waals surface area contributed by atoms with Crippen LogP contribution in [0.2, 0.25) is 0 Å². The van der Waals surface area contributed by atoms with Gasteiger partial charge in [0.25, 0.3) is 0 Å². The molecule has 1 aromatic carbocycles. The molecule has 1 aliphatic heterocycles. The third-order valence-electron chi connectivity index (χ3n) is 3.55. The van der Waals surface area contributed by atoms with Gasteiger partial charge in [-0.1, -0.05) is 28.1 Å². The number of aromatic nitrogens is 2. The van der Waals surface area contributed by atoms with Crippen molar-refractivity contribution >= 4 is 15.9 Å². The number of rotatable bonds is 2. The van der Waals surface area contributed by atoms with E-state index in [0.29, 0.717) is 6.42 Å². The summed E-state index contributed by atoms with van der Waals surface area (Å²) in [6, 6.07) is 10.4. The first-order chi connectivity index (χ1) is 9.29. The van der Waals surface area contributed by atoms with E-state index in [4.69, 9.17) is 10.2 Å². The van der Waals surface area contributed by atoms with E-state index in [1.807, 2.05) is 12.1 Å². The normalized spacial score (nSPS) is 13.9. The first-order valence-electron chi connectivity index (χ1n) is 6.51. The van der Waals surface area contributed by atoms with Gasteiger partial charge in [0.05, 0.1) is 18.2 Å². The van der Waals surface area contributed by atoms with Crippen molar-refractivity contribution in [2.75, 3.05) is 0 Å². The smallest absolute Gasteiger partial charge is 0.140 e. The van der Waals surface area contributed by atoms with Gasteiger partial charge in [-0.25, -0.2) is 4.98 Å². The number of hydrogen-bond acceptors (Lipinski definition) is 2. The molecule has 0 aliphatic carbocycles. The highest BCUT2D eigenvalue weighted by Crippen LogP contribution is 2.28. The first-order valence-corrected chi connectivity index (χ1v) is 7.30. The van der Waals surface area contributed by atoms with E-state index in [2.05, 4.69) is 38.7 Å². The third kappa shape index (κ3) is 2.31. The molecule has 0 bridgehead atoms. The number of imidazole rings is 1. The van der Waals surface area contributed by atoms with Gasteiger partial charge in [0.2, 0.25) is 0 Å². The number of hydrogen-bond donors (Lipinski definition) is 0. The van der Waals surface area contributed by atoms with Gasteiger partial charge < -0.3 is 4.57 Å². The molecule has 0 spiro atoms. The summed E-state index contributed by atoms with van der Waals surface area (Å²) < 4.78 is 3.36. The molecule has 0 saturated heterocycles. The maximum atomic E-state index is 8.93. The predicted molar refractivity (Wildman–Crippen MR) is 77.6 cm³/mol. The number of halogens is 1. The molecule has 0 unspecified atom stereocenters.